The summed E-state index contributed by atoms with van der Waals surface area (Å²) in [4.78, 5) is 66.6. The van der Waals surface area contributed by atoms with Gasteiger partial charge in [0.15, 0.2) is 5.78 Å². The molecule has 1 saturated carbocycles. The summed E-state index contributed by atoms with van der Waals surface area (Å²) in [6.45, 7) is 3.36. The molecule has 3 atom stereocenters. The summed E-state index contributed by atoms with van der Waals surface area (Å²) < 4.78 is 5.41. The molecule has 0 N–H and O–H groups in total. The van der Waals surface area contributed by atoms with Gasteiger partial charge in [-0.05, 0) is 86.7 Å². The van der Waals surface area contributed by atoms with Crippen molar-refractivity contribution in [1.82, 2.24) is 10.0 Å². The maximum absolute atomic E-state index is 13.7. The Hall–Kier alpha value is -4.01. The first-order valence-electron chi connectivity index (χ1n) is 13.6. The van der Waals surface area contributed by atoms with Crippen molar-refractivity contribution >= 4 is 52.7 Å². The molecule has 1 saturated heterocycles. The van der Waals surface area contributed by atoms with E-state index >= 15 is 0 Å². The summed E-state index contributed by atoms with van der Waals surface area (Å²) in [5.41, 5.74) is 1.65. The zero-order chi connectivity index (χ0) is 30.1. The number of esters is 1. The Morgan fingerprint density at radius 2 is 1.45 bits per heavy atom. The fourth-order valence-corrected chi connectivity index (χ4v) is 5.71. The Kier molecular flexibility index (Phi) is 8.48. The van der Waals surface area contributed by atoms with Gasteiger partial charge in [0.1, 0.15) is 12.3 Å². The number of aryl methyl sites for hydroxylation is 1. The molecule has 1 aliphatic carbocycles. The highest BCUT2D eigenvalue weighted by atomic mass is 35.5. The van der Waals surface area contributed by atoms with Gasteiger partial charge in [-0.2, -0.15) is 5.01 Å². The third-order valence-electron chi connectivity index (χ3n) is 7.77. The lowest BCUT2D eigenvalue weighted by molar-refractivity contribution is -0.154. The van der Waals surface area contributed by atoms with Crippen LogP contribution in [0.1, 0.15) is 62.8 Å². The quantitative estimate of drug-likeness (QED) is 0.138. The highest BCUT2D eigenvalue weighted by Crippen LogP contribution is 2.41. The average Bonchev–Trinajstić information content (AvgIpc) is 3.21. The van der Waals surface area contributed by atoms with Crippen LogP contribution in [0.5, 0.6) is 5.75 Å². The van der Waals surface area contributed by atoms with Crippen molar-refractivity contribution in [1.29, 1.82) is 0 Å². The Bertz CT molecular complexity index is 1570. The summed E-state index contributed by atoms with van der Waals surface area (Å²) in [6.07, 6.45) is 1.88. The van der Waals surface area contributed by atoms with E-state index in [0.29, 0.717) is 18.4 Å². The standard InChI is InChI=1S/C32H28Cl2N2O6/c1-18-3-6-21(7-4-18)32(41)42-23-11-8-20(9-12-23)28(37)17-35(29(38)22-10-14-26(33)27(34)16-22)36-30(39)24-13-5-19(2)15-25(24)31(36)40/h3-4,6-12,14,16,19,24-25H,5,13,15,17H2,1-2H3/t19-,24-,25-/m1/s1. The number of hydrazine groups is 1. The number of nitrogens with zero attached hydrogens (tertiary/aromatic N) is 2. The number of hydrogen-bond donors (Lipinski definition) is 0. The summed E-state index contributed by atoms with van der Waals surface area (Å²) in [5, 5.41) is 2.09. The number of ether oxygens (including phenoxy) is 1. The fraction of sp³-hybridized carbons (Fsp3) is 0.281. The molecule has 2 aliphatic rings. The second-order valence-corrected chi connectivity index (χ2v) is 11.6. The molecule has 1 heterocycles. The topological polar surface area (TPSA) is 101 Å². The van der Waals surface area contributed by atoms with E-state index in [2.05, 4.69) is 0 Å². The van der Waals surface area contributed by atoms with Gasteiger partial charge >= 0.3 is 5.97 Å². The minimum absolute atomic E-state index is 0.0689. The van der Waals surface area contributed by atoms with Crippen LogP contribution in [0, 0.1) is 24.7 Å². The van der Waals surface area contributed by atoms with Crippen molar-refractivity contribution in [2.45, 2.75) is 33.1 Å². The molecule has 3 aromatic rings. The molecule has 0 aromatic heterocycles. The number of ketones is 1. The van der Waals surface area contributed by atoms with Gasteiger partial charge in [0, 0.05) is 11.1 Å². The molecular weight excluding hydrogens is 579 g/mol. The lowest BCUT2D eigenvalue weighted by atomic mass is 9.76. The fourth-order valence-electron chi connectivity index (χ4n) is 5.41. The number of Topliss-reactive ketones (excluding diaryl/α,β-unsaturated/α-hetero) is 1. The highest BCUT2D eigenvalue weighted by Gasteiger charge is 2.52. The van der Waals surface area contributed by atoms with Crippen molar-refractivity contribution < 1.29 is 28.7 Å². The van der Waals surface area contributed by atoms with E-state index in [1.165, 1.54) is 42.5 Å². The number of fused-ring (bicyclic) bond motifs is 1. The number of halogens is 2. The minimum Gasteiger partial charge on any atom is -0.423 e. The second-order valence-electron chi connectivity index (χ2n) is 10.8. The lowest BCUT2D eigenvalue weighted by Gasteiger charge is -2.30. The average molecular weight is 607 g/mol. The summed E-state index contributed by atoms with van der Waals surface area (Å²) >= 11 is 12.2. The first kappa shape index (κ1) is 29.5. The molecule has 0 unspecified atom stereocenters. The van der Waals surface area contributed by atoms with E-state index in [4.69, 9.17) is 27.9 Å². The Morgan fingerprint density at radius 3 is 2.12 bits per heavy atom. The highest BCUT2D eigenvalue weighted by molar-refractivity contribution is 6.42. The van der Waals surface area contributed by atoms with E-state index in [-0.39, 0.29) is 32.8 Å². The third kappa shape index (κ3) is 5.96. The van der Waals surface area contributed by atoms with Crippen LogP contribution in [0.15, 0.2) is 66.7 Å². The zero-order valence-electron chi connectivity index (χ0n) is 23.0. The van der Waals surface area contributed by atoms with E-state index in [0.717, 1.165) is 22.0 Å². The number of hydrogen-bond acceptors (Lipinski definition) is 6. The largest absolute Gasteiger partial charge is 0.423 e. The minimum atomic E-state index is -0.737. The van der Waals surface area contributed by atoms with Crippen LogP contribution in [-0.4, -0.2) is 46.0 Å². The number of benzene rings is 3. The lowest BCUT2D eigenvalue weighted by Crippen LogP contribution is -2.52. The predicted octanol–water partition coefficient (Wildman–Crippen LogP) is 6.18. The molecule has 42 heavy (non-hydrogen) atoms. The number of rotatable bonds is 7. The van der Waals surface area contributed by atoms with Crippen LogP contribution >= 0.6 is 23.2 Å². The van der Waals surface area contributed by atoms with Crippen molar-refractivity contribution in [2.24, 2.45) is 17.8 Å². The maximum Gasteiger partial charge on any atom is 0.343 e. The van der Waals surface area contributed by atoms with Gasteiger partial charge in [-0.3, -0.25) is 19.2 Å². The number of amides is 3. The molecule has 0 spiro atoms. The maximum atomic E-state index is 13.7. The molecule has 8 nitrogen and oxygen atoms in total. The van der Waals surface area contributed by atoms with E-state index in [1.54, 1.807) is 24.3 Å². The van der Waals surface area contributed by atoms with Crippen LogP contribution in [0.3, 0.4) is 0 Å². The Balaban J connectivity index is 1.38. The Labute approximate surface area is 253 Å². The predicted molar refractivity (Wildman–Crippen MR) is 156 cm³/mol. The molecule has 216 valence electrons. The first-order valence-corrected chi connectivity index (χ1v) is 14.4. The van der Waals surface area contributed by atoms with Crippen molar-refractivity contribution in [3.8, 4) is 5.75 Å². The monoisotopic (exact) mass is 606 g/mol. The molecule has 3 aromatic carbocycles. The van der Waals surface area contributed by atoms with Gasteiger partial charge in [0.2, 0.25) is 0 Å². The zero-order valence-corrected chi connectivity index (χ0v) is 24.5. The van der Waals surface area contributed by atoms with Crippen molar-refractivity contribution in [2.75, 3.05) is 6.54 Å². The Morgan fingerprint density at radius 1 is 0.833 bits per heavy atom. The molecule has 3 amide bonds. The van der Waals surface area contributed by atoms with Crippen molar-refractivity contribution in [3.63, 3.8) is 0 Å². The second kappa shape index (κ2) is 12.1. The van der Waals surface area contributed by atoms with Crippen LogP contribution in [0.4, 0.5) is 0 Å². The summed E-state index contributed by atoms with van der Waals surface area (Å²) in [6, 6.07) is 16.9. The summed E-state index contributed by atoms with van der Waals surface area (Å²) in [5.74, 6) is -3.37. The van der Waals surface area contributed by atoms with Gasteiger partial charge in [0.05, 0.1) is 27.4 Å². The van der Waals surface area contributed by atoms with Crippen LogP contribution in [-0.2, 0) is 9.59 Å². The van der Waals surface area contributed by atoms with E-state index < -0.39 is 47.9 Å². The molecular formula is C32H28Cl2N2O6. The molecule has 1 aliphatic heterocycles. The smallest absolute Gasteiger partial charge is 0.343 e. The molecule has 2 fully saturated rings. The third-order valence-corrected chi connectivity index (χ3v) is 8.51. The molecule has 0 radical (unpaired) electrons. The van der Waals surface area contributed by atoms with E-state index in [9.17, 15) is 24.0 Å². The molecule has 10 heteroatoms. The number of imide groups is 1. The van der Waals surface area contributed by atoms with Gasteiger partial charge in [-0.25, -0.2) is 9.80 Å². The van der Waals surface area contributed by atoms with Crippen LogP contribution < -0.4 is 4.74 Å². The molecule has 5 rings (SSSR count). The van der Waals surface area contributed by atoms with Gasteiger partial charge < -0.3 is 4.74 Å². The molecule has 0 bridgehead atoms. The van der Waals surface area contributed by atoms with E-state index in [1.807, 2.05) is 13.8 Å². The first-order chi connectivity index (χ1) is 20.0. The summed E-state index contributed by atoms with van der Waals surface area (Å²) in [7, 11) is 0. The normalized spacial score (nSPS) is 19.8. The van der Waals surface area contributed by atoms with Crippen LogP contribution in [0.2, 0.25) is 10.0 Å². The van der Waals surface area contributed by atoms with Gasteiger partial charge in [0.25, 0.3) is 17.7 Å². The van der Waals surface area contributed by atoms with Crippen molar-refractivity contribution in [3.05, 3.63) is 99.0 Å². The SMILES string of the molecule is Cc1ccc(C(=O)Oc2ccc(C(=O)CN(C(=O)c3ccc(Cl)c(Cl)c3)N3C(=O)[C@@H]4CC[C@@H](C)C[C@H]4C3=O)cc2)cc1. The van der Waals surface area contributed by atoms with Gasteiger partial charge in [-0.15, -0.1) is 0 Å². The van der Waals surface area contributed by atoms with Crippen LogP contribution in [0.25, 0.3) is 0 Å². The number of carbonyl (C=O) groups is 5. The van der Waals surface area contributed by atoms with Gasteiger partial charge in [-0.1, -0.05) is 47.8 Å². The number of carbonyl (C=O) groups excluding carboxylic acids is 5.